The predicted octanol–water partition coefficient (Wildman–Crippen LogP) is 1.44. The first-order chi connectivity index (χ1) is 6.69. The third kappa shape index (κ3) is 2.40. The van der Waals surface area contributed by atoms with Crippen LogP contribution in [0.25, 0.3) is 0 Å². The van der Waals surface area contributed by atoms with Crippen LogP contribution in [0.15, 0.2) is 23.1 Å². The Morgan fingerprint density at radius 1 is 1.64 bits per heavy atom. The quantitative estimate of drug-likeness (QED) is 0.307. The van der Waals surface area contributed by atoms with Crippen molar-refractivity contribution in [3.8, 4) is 0 Å². The highest BCUT2D eigenvalue weighted by atomic mass is 32.1. The van der Waals surface area contributed by atoms with E-state index < -0.39 is 5.97 Å². The number of esters is 1. The Balaban J connectivity index is 3.03. The van der Waals surface area contributed by atoms with Gasteiger partial charge < -0.3 is 10.2 Å². The summed E-state index contributed by atoms with van der Waals surface area (Å²) in [5, 5.41) is 0. The van der Waals surface area contributed by atoms with E-state index in [1.54, 1.807) is 25.1 Å². The molecule has 3 N–H and O–H groups in total. The number of hydrogen-bond donors (Lipinski definition) is 3. The molecule has 14 heavy (non-hydrogen) atoms. The maximum Gasteiger partial charge on any atom is 0.340 e. The molecule has 0 bridgehead atoms. The molecule has 1 aromatic rings. The Morgan fingerprint density at radius 2 is 2.36 bits per heavy atom. The number of ether oxygens (including phenoxy) is 1. The van der Waals surface area contributed by atoms with Gasteiger partial charge in [0, 0.05) is 4.90 Å². The van der Waals surface area contributed by atoms with Crippen molar-refractivity contribution in [2.24, 2.45) is 5.84 Å². The molecule has 1 aromatic carbocycles. The minimum Gasteiger partial charge on any atom is -0.462 e. The van der Waals surface area contributed by atoms with Crippen LogP contribution < -0.4 is 11.3 Å². The van der Waals surface area contributed by atoms with E-state index in [9.17, 15) is 4.79 Å². The van der Waals surface area contributed by atoms with E-state index in [2.05, 4.69) is 18.1 Å². The minimum atomic E-state index is -0.406. The summed E-state index contributed by atoms with van der Waals surface area (Å²) in [5.74, 6) is 4.85. The van der Waals surface area contributed by atoms with Crippen molar-refractivity contribution >= 4 is 24.3 Å². The monoisotopic (exact) mass is 212 g/mol. The molecule has 1 rings (SSSR count). The van der Waals surface area contributed by atoms with E-state index in [1.807, 2.05) is 0 Å². The van der Waals surface area contributed by atoms with Gasteiger partial charge in [0.1, 0.15) is 0 Å². The molecule has 0 unspecified atom stereocenters. The highest BCUT2D eigenvalue weighted by molar-refractivity contribution is 7.80. The number of nitrogen functional groups attached to an aromatic ring is 1. The zero-order valence-corrected chi connectivity index (χ0v) is 8.67. The van der Waals surface area contributed by atoms with E-state index in [0.29, 0.717) is 22.8 Å². The number of nitrogens with one attached hydrogen (secondary N) is 1. The van der Waals surface area contributed by atoms with Gasteiger partial charge in [-0.3, -0.25) is 5.84 Å². The second-order valence-corrected chi connectivity index (χ2v) is 3.11. The number of carbonyl (C=O) groups is 1. The fraction of sp³-hybridized carbons (Fsp3) is 0.222. The van der Waals surface area contributed by atoms with Crippen molar-refractivity contribution in [1.82, 2.24) is 0 Å². The average Bonchev–Trinajstić information content (AvgIpc) is 2.18. The zero-order chi connectivity index (χ0) is 10.6. The SMILES string of the molecule is CCOC(=O)c1cc(S)ccc1NN. The molecule has 5 heteroatoms. The van der Waals surface area contributed by atoms with Crippen molar-refractivity contribution in [3.05, 3.63) is 23.8 Å². The van der Waals surface area contributed by atoms with Crippen LogP contribution in [0.5, 0.6) is 0 Å². The standard InChI is InChI=1S/C9H12N2O2S/c1-2-13-9(12)7-5-6(14)3-4-8(7)11-10/h3-5,11,14H,2,10H2,1H3. The zero-order valence-electron chi connectivity index (χ0n) is 7.78. The molecule has 0 radical (unpaired) electrons. The van der Waals surface area contributed by atoms with Gasteiger partial charge in [0.2, 0.25) is 0 Å². The van der Waals surface area contributed by atoms with Gasteiger partial charge in [-0.15, -0.1) is 12.6 Å². The summed E-state index contributed by atoms with van der Waals surface area (Å²) >= 11 is 4.13. The summed E-state index contributed by atoms with van der Waals surface area (Å²) in [6.07, 6.45) is 0. The van der Waals surface area contributed by atoms with Crippen LogP contribution in [-0.4, -0.2) is 12.6 Å². The summed E-state index contributed by atoms with van der Waals surface area (Å²) in [6.45, 7) is 2.08. The molecule has 0 atom stereocenters. The minimum absolute atomic E-state index is 0.333. The Hall–Kier alpha value is -1.20. The van der Waals surface area contributed by atoms with Gasteiger partial charge in [-0.25, -0.2) is 4.79 Å². The predicted molar refractivity (Wildman–Crippen MR) is 57.5 cm³/mol. The van der Waals surface area contributed by atoms with Gasteiger partial charge in [0.25, 0.3) is 0 Å². The molecular weight excluding hydrogens is 200 g/mol. The van der Waals surface area contributed by atoms with Crippen LogP contribution in [0.2, 0.25) is 0 Å². The molecule has 0 spiro atoms. The summed E-state index contributed by atoms with van der Waals surface area (Å²) in [7, 11) is 0. The average molecular weight is 212 g/mol. The summed E-state index contributed by atoms with van der Waals surface area (Å²) in [4.78, 5) is 12.1. The second-order valence-electron chi connectivity index (χ2n) is 2.59. The molecule has 0 aromatic heterocycles. The van der Waals surface area contributed by atoms with Crippen molar-refractivity contribution in [1.29, 1.82) is 0 Å². The number of hydrazine groups is 1. The lowest BCUT2D eigenvalue weighted by molar-refractivity contribution is 0.0527. The van der Waals surface area contributed by atoms with Gasteiger partial charge in [0.05, 0.1) is 17.9 Å². The maximum absolute atomic E-state index is 11.4. The van der Waals surface area contributed by atoms with Gasteiger partial charge in [-0.1, -0.05) is 0 Å². The van der Waals surface area contributed by atoms with Gasteiger partial charge in [-0.2, -0.15) is 0 Å². The maximum atomic E-state index is 11.4. The third-order valence-electron chi connectivity index (χ3n) is 1.65. The lowest BCUT2D eigenvalue weighted by atomic mass is 10.2. The molecule has 0 aliphatic carbocycles. The summed E-state index contributed by atoms with van der Waals surface area (Å²) in [6, 6.07) is 5.02. The number of anilines is 1. The lowest BCUT2D eigenvalue weighted by Crippen LogP contribution is -2.13. The number of nitrogens with two attached hydrogens (primary N) is 1. The largest absolute Gasteiger partial charge is 0.462 e. The Morgan fingerprint density at radius 3 is 2.93 bits per heavy atom. The molecule has 0 aliphatic heterocycles. The van der Waals surface area contributed by atoms with Crippen LogP contribution in [0.4, 0.5) is 5.69 Å². The number of rotatable bonds is 3. The van der Waals surface area contributed by atoms with Crippen molar-refractivity contribution in [3.63, 3.8) is 0 Å². The van der Waals surface area contributed by atoms with E-state index in [-0.39, 0.29) is 0 Å². The smallest absolute Gasteiger partial charge is 0.340 e. The number of benzene rings is 1. The first kappa shape index (κ1) is 10.9. The molecule has 76 valence electrons. The molecule has 0 fully saturated rings. The van der Waals surface area contributed by atoms with E-state index in [0.717, 1.165) is 0 Å². The number of hydrogen-bond acceptors (Lipinski definition) is 5. The van der Waals surface area contributed by atoms with E-state index in [1.165, 1.54) is 0 Å². The lowest BCUT2D eigenvalue weighted by Gasteiger charge is -2.08. The van der Waals surface area contributed by atoms with E-state index >= 15 is 0 Å². The van der Waals surface area contributed by atoms with Crippen LogP contribution >= 0.6 is 12.6 Å². The second kappa shape index (κ2) is 4.88. The van der Waals surface area contributed by atoms with Crippen LogP contribution in [-0.2, 0) is 4.74 Å². The normalized spacial score (nSPS) is 9.64. The Bertz CT molecular complexity index is 342. The number of carbonyl (C=O) groups excluding carboxylic acids is 1. The summed E-state index contributed by atoms with van der Waals surface area (Å²) < 4.78 is 4.86. The fourth-order valence-corrected chi connectivity index (χ4v) is 1.24. The molecule has 0 saturated heterocycles. The van der Waals surface area contributed by atoms with E-state index in [4.69, 9.17) is 10.6 Å². The molecule has 0 heterocycles. The van der Waals surface area contributed by atoms with Gasteiger partial charge in [0.15, 0.2) is 0 Å². The molecule has 0 amide bonds. The highest BCUT2D eigenvalue weighted by Gasteiger charge is 2.11. The van der Waals surface area contributed by atoms with Crippen molar-refractivity contribution in [2.75, 3.05) is 12.0 Å². The van der Waals surface area contributed by atoms with Crippen LogP contribution in [0, 0.1) is 0 Å². The fourth-order valence-electron chi connectivity index (χ4n) is 1.04. The Kier molecular flexibility index (Phi) is 3.79. The van der Waals surface area contributed by atoms with Crippen molar-refractivity contribution in [2.45, 2.75) is 11.8 Å². The van der Waals surface area contributed by atoms with Crippen molar-refractivity contribution < 1.29 is 9.53 Å². The first-order valence-corrected chi connectivity index (χ1v) is 4.60. The molecule has 0 aliphatic rings. The van der Waals surface area contributed by atoms with Gasteiger partial charge in [-0.05, 0) is 25.1 Å². The molecule has 0 saturated carbocycles. The Labute approximate surface area is 87.8 Å². The molecular formula is C9H12N2O2S. The third-order valence-corrected chi connectivity index (χ3v) is 1.93. The van der Waals surface area contributed by atoms with Crippen LogP contribution in [0.3, 0.4) is 0 Å². The molecule has 4 nitrogen and oxygen atoms in total. The van der Waals surface area contributed by atoms with Crippen LogP contribution in [0.1, 0.15) is 17.3 Å². The van der Waals surface area contributed by atoms with Gasteiger partial charge >= 0.3 is 5.97 Å². The number of thiol groups is 1. The highest BCUT2D eigenvalue weighted by Crippen LogP contribution is 2.19. The topological polar surface area (TPSA) is 64.3 Å². The summed E-state index contributed by atoms with van der Waals surface area (Å²) in [5.41, 5.74) is 3.35. The first-order valence-electron chi connectivity index (χ1n) is 4.15.